The van der Waals surface area contributed by atoms with Gasteiger partial charge in [0.2, 0.25) is 0 Å². The first kappa shape index (κ1) is 18.9. The molecule has 28 heavy (non-hydrogen) atoms. The molecule has 0 saturated carbocycles. The zero-order valence-electron chi connectivity index (χ0n) is 15.4. The van der Waals surface area contributed by atoms with E-state index in [0.29, 0.717) is 11.4 Å². The van der Waals surface area contributed by atoms with E-state index < -0.39 is 0 Å². The Bertz CT molecular complexity index is 952. The lowest BCUT2D eigenvalue weighted by molar-refractivity contribution is -0.134. The Morgan fingerprint density at radius 2 is 2.11 bits per heavy atom. The van der Waals surface area contributed by atoms with Gasteiger partial charge >= 0.3 is 0 Å². The van der Waals surface area contributed by atoms with Gasteiger partial charge in [-0.05, 0) is 48.3 Å². The van der Waals surface area contributed by atoms with Crippen molar-refractivity contribution >= 4 is 34.6 Å². The highest BCUT2D eigenvalue weighted by molar-refractivity contribution is 7.09. The van der Waals surface area contributed by atoms with Crippen LogP contribution in [0.3, 0.4) is 0 Å². The molecule has 1 amide bonds. The van der Waals surface area contributed by atoms with Crippen LogP contribution in [0.25, 0.3) is 0 Å². The average molecular weight is 414 g/mol. The second-order valence-corrected chi connectivity index (χ2v) is 8.25. The van der Waals surface area contributed by atoms with Crippen molar-refractivity contribution in [2.75, 3.05) is 13.6 Å². The van der Waals surface area contributed by atoms with Gasteiger partial charge in [0.15, 0.2) is 0 Å². The summed E-state index contributed by atoms with van der Waals surface area (Å²) >= 11 is 7.69. The molecule has 144 valence electrons. The lowest BCUT2D eigenvalue weighted by Gasteiger charge is -2.23. The van der Waals surface area contributed by atoms with Gasteiger partial charge < -0.3 is 4.42 Å². The average Bonchev–Trinajstić information content (AvgIpc) is 3.43. The van der Waals surface area contributed by atoms with Crippen LogP contribution in [0.1, 0.15) is 28.7 Å². The van der Waals surface area contributed by atoms with Crippen molar-refractivity contribution < 1.29 is 9.21 Å². The number of hydrogen-bond donors (Lipinski definition) is 0. The summed E-state index contributed by atoms with van der Waals surface area (Å²) in [5, 5.41) is 8.93. The maximum atomic E-state index is 13.0. The topological polar surface area (TPSA) is 49.1 Å². The summed E-state index contributed by atoms with van der Waals surface area (Å²) in [5.41, 5.74) is 1.82. The van der Waals surface area contributed by atoms with Crippen molar-refractivity contribution in [3.8, 4) is 0 Å². The Balaban J connectivity index is 1.53. The summed E-state index contributed by atoms with van der Waals surface area (Å²) in [6.07, 6.45) is 2.23. The van der Waals surface area contributed by atoms with Crippen LogP contribution in [0.4, 0.5) is 0 Å². The van der Waals surface area contributed by atoms with Gasteiger partial charge in [-0.25, -0.2) is 5.01 Å². The zero-order valence-corrected chi connectivity index (χ0v) is 17.0. The first-order valence-electron chi connectivity index (χ1n) is 9.00. The van der Waals surface area contributed by atoms with E-state index in [0.717, 1.165) is 23.6 Å². The normalized spacial score (nSPS) is 16.6. The minimum atomic E-state index is -0.233. The molecule has 0 N–H and O–H groups in total. The third-order valence-electron chi connectivity index (χ3n) is 4.63. The first-order valence-corrected chi connectivity index (χ1v) is 10.3. The lowest BCUT2D eigenvalue weighted by atomic mass is 10.0. The highest BCUT2D eigenvalue weighted by atomic mass is 35.5. The Kier molecular flexibility index (Phi) is 5.62. The van der Waals surface area contributed by atoms with E-state index in [1.807, 2.05) is 59.8 Å². The summed E-state index contributed by atoms with van der Waals surface area (Å²) in [4.78, 5) is 16.3. The molecule has 4 rings (SSSR count). The molecular weight excluding hydrogens is 394 g/mol. The summed E-state index contributed by atoms with van der Waals surface area (Å²) < 4.78 is 5.59. The standard InChI is InChI=1S/C21H20ClN3O2S/c1-24(13-17-4-3-11-28-17)14-21(26)25-19(20-5-2-10-27-20)12-18(23-25)15-6-8-16(22)9-7-15/h2-11,19H,12-14H2,1H3/t19-/m0/s1. The van der Waals surface area contributed by atoms with E-state index in [9.17, 15) is 4.79 Å². The van der Waals surface area contributed by atoms with Crippen LogP contribution in [-0.2, 0) is 11.3 Å². The van der Waals surface area contributed by atoms with E-state index in [4.69, 9.17) is 16.0 Å². The number of nitrogens with zero attached hydrogens (tertiary/aromatic N) is 3. The molecule has 0 saturated heterocycles. The van der Waals surface area contributed by atoms with Crippen LogP contribution in [-0.4, -0.2) is 35.1 Å². The van der Waals surface area contributed by atoms with Crippen molar-refractivity contribution in [1.82, 2.24) is 9.91 Å². The Labute approximate surface area is 172 Å². The summed E-state index contributed by atoms with van der Waals surface area (Å²) in [5.74, 6) is 0.686. The predicted octanol–water partition coefficient (Wildman–Crippen LogP) is 4.80. The van der Waals surface area contributed by atoms with Crippen LogP contribution < -0.4 is 0 Å². The number of benzene rings is 1. The van der Waals surface area contributed by atoms with E-state index in [2.05, 4.69) is 11.2 Å². The predicted molar refractivity (Wildman–Crippen MR) is 112 cm³/mol. The molecule has 5 nitrogen and oxygen atoms in total. The molecule has 2 aromatic heterocycles. The molecule has 1 aliphatic heterocycles. The number of likely N-dealkylation sites (N-methyl/N-ethyl adjacent to an activating group) is 1. The minimum absolute atomic E-state index is 0.0515. The van der Waals surface area contributed by atoms with Crippen LogP contribution in [0, 0.1) is 0 Å². The summed E-state index contributed by atoms with van der Waals surface area (Å²) in [7, 11) is 1.94. The van der Waals surface area contributed by atoms with Gasteiger partial charge in [-0.2, -0.15) is 5.10 Å². The van der Waals surface area contributed by atoms with Crippen molar-refractivity contribution in [3.63, 3.8) is 0 Å². The number of carbonyl (C=O) groups is 1. The van der Waals surface area contributed by atoms with Gasteiger partial charge in [-0.15, -0.1) is 11.3 Å². The number of hydrogen-bond acceptors (Lipinski definition) is 5. The maximum Gasteiger partial charge on any atom is 0.257 e. The fourth-order valence-electron chi connectivity index (χ4n) is 3.29. The Morgan fingerprint density at radius 1 is 1.29 bits per heavy atom. The van der Waals surface area contributed by atoms with Gasteiger partial charge in [0.05, 0.1) is 18.5 Å². The molecule has 1 atom stereocenters. The van der Waals surface area contributed by atoms with Crippen LogP contribution in [0.15, 0.2) is 69.7 Å². The zero-order chi connectivity index (χ0) is 19.5. The van der Waals surface area contributed by atoms with E-state index >= 15 is 0 Å². The van der Waals surface area contributed by atoms with Gasteiger partial charge in [0.25, 0.3) is 5.91 Å². The molecule has 0 unspecified atom stereocenters. The SMILES string of the molecule is CN(CC(=O)N1N=C(c2ccc(Cl)cc2)C[C@H]1c1ccco1)Cc1cccs1. The number of rotatable bonds is 6. The summed E-state index contributed by atoms with van der Waals surface area (Å²) in [6.45, 7) is 1.02. The van der Waals surface area contributed by atoms with E-state index in [-0.39, 0.29) is 18.5 Å². The number of carbonyl (C=O) groups excluding carboxylic acids is 1. The third kappa shape index (κ3) is 4.19. The third-order valence-corrected chi connectivity index (χ3v) is 5.74. The Hall–Kier alpha value is -2.41. The lowest BCUT2D eigenvalue weighted by Crippen LogP contribution is -2.36. The number of amides is 1. The Morgan fingerprint density at radius 3 is 2.79 bits per heavy atom. The maximum absolute atomic E-state index is 13.0. The molecule has 0 spiro atoms. The molecular formula is C21H20ClN3O2S. The number of hydrazone groups is 1. The molecule has 0 fully saturated rings. The van der Waals surface area contributed by atoms with Gasteiger partial charge in [-0.3, -0.25) is 9.69 Å². The molecule has 3 heterocycles. The number of halogens is 1. The first-order chi connectivity index (χ1) is 13.6. The molecule has 0 radical (unpaired) electrons. The van der Waals surface area contributed by atoms with E-state index in [1.165, 1.54) is 4.88 Å². The van der Waals surface area contributed by atoms with Crippen molar-refractivity contribution in [1.29, 1.82) is 0 Å². The molecule has 1 aromatic carbocycles. The molecule has 0 bridgehead atoms. The van der Waals surface area contributed by atoms with Crippen LogP contribution in [0.5, 0.6) is 0 Å². The highest BCUT2D eigenvalue weighted by Gasteiger charge is 2.35. The van der Waals surface area contributed by atoms with Crippen molar-refractivity contribution in [2.24, 2.45) is 5.10 Å². The fourth-order valence-corrected chi connectivity index (χ4v) is 4.20. The monoisotopic (exact) mass is 413 g/mol. The van der Waals surface area contributed by atoms with Gasteiger partial charge in [0, 0.05) is 22.9 Å². The molecule has 3 aromatic rings. The van der Waals surface area contributed by atoms with Crippen molar-refractivity contribution in [3.05, 3.63) is 81.4 Å². The van der Waals surface area contributed by atoms with Crippen molar-refractivity contribution in [2.45, 2.75) is 19.0 Å². The smallest absolute Gasteiger partial charge is 0.257 e. The fraction of sp³-hybridized carbons (Fsp3) is 0.238. The quantitative estimate of drug-likeness (QED) is 0.583. The van der Waals surface area contributed by atoms with Gasteiger partial charge in [0.1, 0.15) is 11.8 Å². The minimum Gasteiger partial charge on any atom is -0.467 e. The van der Waals surface area contributed by atoms with Crippen LogP contribution in [0.2, 0.25) is 5.02 Å². The molecule has 1 aliphatic rings. The van der Waals surface area contributed by atoms with E-state index in [1.54, 1.807) is 22.6 Å². The van der Waals surface area contributed by atoms with Gasteiger partial charge in [-0.1, -0.05) is 29.8 Å². The largest absolute Gasteiger partial charge is 0.467 e. The number of furan rings is 1. The molecule has 7 heteroatoms. The second-order valence-electron chi connectivity index (χ2n) is 6.78. The summed E-state index contributed by atoms with van der Waals surface area (Å²) in [6, 6.07) is 15.1. The number of thiophene rings is 1. The molecule has 0 aliphatic carbocycles. The second kappa shape index (κ2) is 8.31. The highest BCUT2D eigenvalue weighted by Crippen LogP contribution is 2.33. The van der Waals surface area contributed by atoms with Crippen LogP contribution >= 0.6 is 22.9 Å².